The number of nitrogens with one attached hydrogen (secondary N) is 1. The first-order valence-corrected chi connectivity index (χ1v) is 11.1. The molecule has 0 aliphatic carbocycles. The lowest BCUT2D eigenvalue weighted by molar-refractivity contribution is -0.137. The van der Waals surface area contributed by atoms with Crippen molar-refractivity contribution in [2.75, 3.05) is 26.3 Å². The summed E-state index contributed by atoms with van der Waals surface area (Å²) in [5, 5.41) is 3.45. The minimum atomic E-state index is -0.212. The average Bonchev–Trinajstić information content (AvgIpc) is 2.78. The first kappa shape index (κ1) is 22.3. The van der Waals surface area contributed by atoms with E-state index >= 15 is 0 Å². The maximum Gasteiger partial charge on any atom is 0.330 e. The van der Waals surface area contributed by atoms with Crippen LogP contribution in [-0.2, 0) is 14.3 Å². The lowest BCUT2D eigenvalue weighted by Crippen LogP contribution is -2.32. The minimum Gasteiger partial charge on any atom is -0.463 e. The normalized spacial score (nSPS) is 17.9. The molecule has 4 nitrogen and oxygen atoms in total. The Morgan fingerprint density at radius 1 is 1.07 bits per heavy atom. The van der Waals surface area contributed by atoms with Gasteiger partial charge in [0, 0.05) is 19.2 Å². The van der Waals surface area contributed by atoms with Crippen LogP contribution in [0.25, 0.3) is 0 Å². The van der Waals surface area contributed by atoms with Gasteiger partial charge in [0.1, 0.15) is 6.10 Å². The van der Waals surface area contributed by atoms with Gasteiger partial charge in [-0.2, -0.15) is 0 Å². The van der Waals surface area contributed by atoms with Crippen LogP contribution in [0, 0.1) is 5.92 Å². The highest BCUT2D eigenvalue weighted by Crippen LogP contribution is 2.27. The Labute approximate surface area is 180 Å². The number of unbranched alkanes of at least 4 members (excludes halogenated alkanes) is 1. The Bertz CT molecular complexity index is 749. The van der Waals surface area contributed by atoms with Crippen molar-refractivity contribution in [3.63, 3.8) is 0 Å². The van der Waals surface area contributed by atoms with Crippen molar-refractivity contribution in [1.29, 1.82) is 0 Å². The second-order valence-corrected chi connectivity index (χ2v) is 7.69. The van der Waals surface area contributed by atoms with E-state index in [-0.39, 0.29) is 12.1 Å². The van der Waals surface area contributed by atoms with Crippen LogP contribution in [0.3, 0.4) is 0 Å². The quantitative estimate of drug-likeness (QED) is 0.340. The van der Waals surface area contributed by atoms with Crippen LogP contribution in [-0.4, -0.2) is 32.3 Å². The van der Waals surface area contributed by atoms with Crippen molar-refractivity contribution in [2.45, 2.75) is 38.7 Å². The summed E-state index contributed by atoms with van der Waals surface area (Å²) in [4.78, 5) is 11.8. The molecule has 1 aliphatic heterocycles. The third-order valence-electron chi connectivity index (χ3n) is 5.53. The van der Waals surface area contributed by atoms with Crippen LogP contribution in [0.4, 0.5) is 0 Å². The number of hydrogen-bond acceptors (Lipinski definition) is 4. The maximum absolute atomic E-state index is 11.8. The third-order valence-corrected chi connectivity index (χ3v) is 5.53. The summed E-state index contributed by atoms with van der Waals surface area (Å²) in [6, 6.07) is 20.8. The number of carbonyl (C=O) groups excluding carboxylic acids is 1. The van der Waals surface area contributed by atoms with Gasteiger partial charge in [-0.05, 0) is 49.8 Å². The molecular formula is C26H33NO3. The smallest absolute Gasteiger partial charge is 0.330 e. The molecule has 160 valence electrons. The van der Waals surface area contributed by atoms with E-state index in [2.05, 4.69) is 53.8 Å². The molecule has 4 heteroatoms. The van der Waals surface area contributed by atoms with Gasteiger partial charge in [-0.3, -0.25) is 0 Å². The number of esters is 1. The Morgan fingerprint density at radius 2 is 1.73 bits per heavy atom. The number of rotatable bonds is 10. The molecule has 30 heavy (non-hydrogen) atoms. The van der Waals surface area contributed by atoms with Crippen LogP contribution < -0.4 is 5.32 Å². The Balaban J connectivity index is 1.50. The summed E-state index contributed by atoms with van der Waals surface area (Å²) in [7, 11) is 0. The van der Waals surface area contributed by atoms with Crippen molar-refractivity contribution in [3.05, 3.63) is 83.4 Å². The van der Waals surface area contributed by atoms with Crippen molar-refractivity contribution in [3.8, 4) is 0 Å². The van der Waals surface area contributed by atoms with E-state index in [1.54, 1.807) is 6.08 Å². The molecule has 0 radical (unpaired) electrons. The van der Waals surface area contributed by atoms with E-state index in [0.29, 0.717) is 19.1 Å². The van der Waals surface area contributed by atoms with Gasteiger partial charge >= 0.3 is 5.97 Å². The number of piperidine rings is 1. The molecular weight excluding hydrogens is 374 g/mol. The summed E-state index contributed by atoms with van der Waals surface area (Å²) in [6.07, 6.45) is 5.73. The molecule has 1 heterocycles. The van der Waals surface area contributed by atoms with E-state index in [4.69, 9.17) is 9.47 Å². The summed E-state index contributed by atoms with van der Waals surface area (Å²) in [5.74, 6) is 0.193. The predicted molar refractivity (Wildman–Crippen MR) is 120 cm³/mol. The SMILES string of the molecule is CCOC(=O)/C=C1\CCNCC1CCCCOC(c1ccccc1)c1ccccc1. The molecule has 3 rings (SSSR count). The molecule has 2 aromatic carbocycles. The van der Waals surface area contributed by atoms with Crippen LogP contribution >= 0.6 is 0 Å². The number of benzene rings is 2. The molecule has 0 saturated carbocycles. The standard InChI is InChI=1S/C26H33NO3/c1-2-29-25(28)19-23-16-17-27-20-24(23)15-9-10-18-30-26(21-11-5-3-6-12-21)22-13-7-4-8-14-22/h3-8,11-14,19,24,26-27H,2,9-10,15-18,20H2,1H3/b23-19+. The average molecular weight is 408 g/mol. The first-order valence-electron chi connectivity index (χ1n) is 11.1. The minimum absolute atomic E-state index is 0.0389. The van der Waals surface area contributed by atoms with Crippen molar-refractivity contribution in [1.82, 2.24) is 5.32 Å². The molecule has 1 unspecified atom stereocenters. The monoisotopic (exact) mass is 407 g/mol. The van der Waals surface area contributed by atoms with Gasteiger partial charge in [0.15, 0.2) is 0 Å². The van der Waals surface area contributed by atoms with Gasteiger partial charge in [0.2, 0.25) is 0 Å². The zero-order chi connectivity index (χ0) is 21.0. The summed E-state index contributed by atoms with van der Waals surface area (Å²) in [5.41, 5.74) is 3.58. The van der Waals surface area contributed by atoms with Gasteiger partial charge in [-0.25, -0.2) is 4.79 Å². The van der Waals surface area contributed by atoms with Crippen LogP contribution in [0.2, 0.25) is 0 Å². The van der Waals surface area contributed by atoms with E-state index in [9.17, 15) is 4.79 Å². The lowest BCUT2D eigenvalue weighted by atomic mass is 9.88. The maximum atomic E-state index is 11.8. The Hall–Kier alpha value is -2.43. The van der Waals surface area contributed by atoms with Crippen LogP contribution in [0.1, 0.15) is 49.8 Å². The molecule has 1 atom stereocenters. The van der Waals surface area contributed by atoms with E-state index in [0.717, 1.165) is 38.8 Å². The van der Waals surface area contributed by atoms with Crippen LogP contribution in [0.15, 0.2) is 72.3 Å². The molecule has 2 aromatic rings. The van der Waals surface area contributed by atoms with Gasteiger partial charge in [0.05, 0.1) is 6.61 Å². The zero-order valence-electron chi connectivity index (χ0n) is 17.9. The fourth-order valence-corrected chi connectivity index (χ4v) is 3.99. The molecule has 0 aromatic heterocycles. The lowest BCUT2D eigenvalue weighted by Gasteiger charge is -2.26. The highest BCUT2D eigenvalue weighted by atomic mass is 16.5. The van der Waals surface area contributed by atoms with Crippen molar-refractivity contribution in [2.24, 2.45) is 5.92 Å². The molecule has 0 amide bonds. The molecule has 0 spiro atoms. The highest BCUT2D eigenvalue weighted by Gasteiger charge is 2.20. The number of ether oxygens (including phenoxy) is 2. The number of carbonyl (C=O) groups is 1. The molecule has 1 fully saturated rings. The van der Waals surface area contributed by atoms with Crippen molar-refractivity contribution >= 4 is 5.97 Å². The summed E-state index contributed by atoms with van der Waals surface area (Å²) >= 11 is 0. The molecule has 1 aliphatic rings. The second kappa shape index (κ2) is 12.3. The van der Waals surface area contributed by atoms with Crippen LogP contribution in [0.5, 0.6) is 0 Å². The van der Waals surface area contributed by atoms with E-state index < -0.39 is 0 Å². The van der Waals surface area contributed by atoms with Gasteiger partial charge in [0.25, 0.3) is 0 Å². The number of hydrogen-bond donors (Lipinski definition) is 1. The van der Waals surface area contributed by atoms with E-state index in [1.165, 1.54) is 16.7 Å². The Kier molecular flexibility index (Phi) is 9.13. The molecule has 1 N–H and O–H groups in total. The first-order chi connectivity index (χ1) is 14.8. The summed E-state index contributed by atoms with van der Waals surface area (Å²) in [6.45, 7) is 4.84. The van der Waals surface area contributed by atoms with Gasteiger partial charge in [-0.15, -0.1) is 0 Å². The van der Waals surface area contributed by atoms with Gasteiger partial charge < -0.3 is 14.8 Å². The third kappa shape index (κ3) is 6.82. The topological polar surface area (TPSA) is 47.6 Å². The predicted octanol–water partition coefficient (Wildman–Crippen LogP) is 5.06. The summed E-state index contributed by atoms with van der Waals surface area (Å²) < 4.78 is 11.4. The fourth-order valence-electron chi connectivity index (χ4n) is 3.99. The molecule has 1 saturated heterocycles. The fraction of sp³-hybridized carbons (Fsp3) is 0.423. The molecule has 0 bridgehead atoms. The highest BCUT2D eigenvalue weighted by molar-refractivity contribution is 5.82. The Morgan fingerprint density at radius 3 is 2.37 bits per heavy atom. The zero-order valence-corrected chi connectivity index (χ0v) is 17.9. The van der Waals surface area contributed by atoms with Crippen molar-refractivity contribution < 1.29 is 14.3 Å². The van der Waals surface area contributed by atoms with Gasteiger partial charge in [-0.1, -0.05) is 72.7 Å². The second-order valence-electron chi connectivity index (χ2n) is 7.69. The largest absolute Gasteiger partial charge is 0.463 e. The van der Waals surface area contributed by atoms with E-state index in [1.807, 2.05) is 19.1 Å².